The maximum Gasteiger partial charge on any atom is 0.0122 e. The SMILES string of the molecule is CC(Br)CC(C)(C)Cc1ccc(C(C)C)cc1. The van der Waals surface area contributed by atoms with Gasteiger partial charge in [-0.2, -0.15) is 0 Å². The molecule has 0 aliphatic rings. The van der Waals surface area contributed by atoms with E-state index < -0.39 is 0 Å². The van der Waals surface area contributed by atoms with Gasteiger partial charge in [0.1, 0.15) is 0 Å². The van der Waals surface area contributed by atoms with Gasteiger partial charge in [-0.05, 0) is 35.3 Å². The molecular weight excluding hydrogens is 272 g/mol. The number of halogens is 1. The fourth-order valence-electron chi connectivity index (χ4n) is 2.41. The lowest BCUT2D eigenvalue weighted by molar-refractivity contribution is 0.335. The third-order valence-corrected chi connectivity index (χ3v) is 3.49. The van der Waals surface area contributed by atoms with E-state index in [1.165, 1.54) is 17.5 Å². The molecule has 1 atom stereocenters. The molecule has 0 saturated heterocycles. The van der Waals surface area contributed by atoms with Crippen molar-refractivity contribution in [3.8, 4) is 0 Å². The van der Waals surface area contributed by atoms with Crippen LogP contribution in [0.4, 0.5) is 0 Å². The van der Waals surface area contributed by atoms with E-state index >= 15 is 0 Å². The second-order valence-electron chi connectivity index (χ2n) is 6.22. The highest BCUT2D eigenvalue weighted by atomic mass is 79.9. The van der Waals surface area contributed by atoms with Crippen LogP contribution in [0, 0.1) is 5.41 Å². The highest BCUT2D eigenvalue weighted by Crippen LogP contribution is 2.30. The summed E-state index contributed by atoms with van der Waals surface area (Å²) in [4.78, 5) is 0.590. The molecule has 1 heteroatoms. The van der Waals surface area contributed by atoms with Crippen LogP contribution in [0.25, 0.3) is 0 Å². The molecule has 0 spiro atoms. The van der Waals surface area contributed by atoms with Gasteiger partial charge in [0.15, 0.2) is 0 Å². The minimum atomic E-state index is 0.363. The van der Waals surface area contributed by atoms with Crippen molar-refractivity contribution in [2.24, 2.45) is 5.41 Å². The Kier molecular flexibility index (Phi) is 5.24. The monoisotopic (exact) mass is 296 g/mol. The van der Waals surface area contributed by atoms with Crippen LogP contribution < -0.4 is 0 Å². The van der Waals surface area contributed by atoms with E-state index in [1.54, 1.807) is 0 Å². The summed E-state index contributed by atoms with van der Waals surface area (Å²) in [5, 5.41) is 0. The summed E-state index contributed by atoms with van der Waals surface area (Å²) in [6.45, 7) is 11.4. The first kappa shape index (κ1) is 14.8. The lowest BCUT2D eigenvalue weighted by Crippen LogP contribution is -2.18. The summed E-state index contributed by atoms with van der Waals surface area (Å²) < 4.78 is 0. The Balaban J connectivity index is 2.68. The molecule has 0 radical (unpaired) electrons. The number of hydrogen-bond donors (Lipinski definition) is 0. The first-order valence-electron chi connectivity index (χ1n) is 6.53. The van der Waals surface area contributed by atoms with Crippen molar-refractivity contribution in [2.45, 2.75) is 58.2 Å². The van der Waals surface area contributed by atoms with Crippen molar-refractivity contribution in [2.75, 3.05) is 0 Å². The Bertz CT molecular complexity index is 333. The number of rotatable bonds is 5. The van der Waals surface area contributed by atoms with Gasteiger partial charge in [0.25, 0.3) is 0 Å². The number of hydrogen-bond acceptors (Lipinski definition) is 0. The smallest absolute Gasteiger partial charge is 0.0122 e. The fraction of sp³-hybridized carbons (Fsp3) is 0.625. The number of benzene rings is 1. The summed E-state index contributed by atoms with van der Waals surface area (Å²) in [6.07, 6.45) is 2.36. The zero-order chi connectivity index (χ0) is 13.1. The minimum Gasteiger partial charge on any atom is -0.0893 e. The molecule has 0 bridgehead atoms. The van der Waals surface area contributed by atoms with Crippen LogP contribution in [0.3, 0.4) is 0 Å². The molecule has 96 valence electrons. The molecule has 0 aliphatic carbocycles. The molecule has 0 N–H and O–H groups in total. The van der Waals surface area contributed by atoms with Crippen molar-refractivity contribution in [1.82, 2.24) is 0 Å². The Morgan fingerprint density at radius 1 is 1.06 bits per heavy atom. The van der Waals surface area contributed by atoms with Crippen LogP contribution in [0.5, 0.6) is 0 Å². The summed E-state index contributed by atoms with van der Waals surface area (Å²) in [7, 11) is 0. The summed E-state index contributed by atoms with van der Waals surface area (Å²) >= 11 is 3.65. The molecule has 0 saturated carbocycles. The number of alkyl halides is 1. The predicted molar refractivity (Wildman–Crippen MR) is 81.0 cm³/mol. The van der Waals surface area contributed by atoms with Crippen molar-refractivity contribution < 1.29 is 0 Å². The quantitative estimate of drug-likeness (QED) is 0.625. The second-order valence-corrected chi connectivity index (χ2v) is 7.79. The van der Waals surface area contributed by atoms with Crippen molar-refractivity contribution >= 4 is 15.9 Å². The molecule has 0 heterocycles. The molecular formula is C16H25Br. The van der Waals surface area contributed by atoms with Crippen LogP contribution >= 0.6 is 15.9 Å². The van der Waals surface area contributed by atoms with E-state index in [-0.39, 0.29) is 0 Å². The van der Waals surface area contributed by atoms with E-state index in [0.717, 1.165) is 6.42 Å². The summed E-state index contributed by atoms with van der Waals surface area (Å²) in [5.74, 6) is 0.625. The normalized spacial score (nSPS) is 14.1. The molecule has 0 aliphatic heterocycles. The Labute approximate surface area is 115 Å². The highest BCUT2D eigenvalue weighted by Gasteiger charge is 2.20. The van der Waals surface area contributed by atoms with Crippen molar-refractivity contribution in [1.29, 1.82) is 0 Å². The molecule has 17 heavy (non-hydrogen) atoms. The van der Waals surface area contributed by atoms with Gasteiger partial charge < -0.3 is 0 Å². The maximum atomic E-state index is 3.65. The third kappa shape index (κ3) is 5.25. The Morgan fingerprint density at radius 3 is 2.00 bits per heavy atom. The molecule has 1 unspecified atom stereocenters. The van der Waals surface area contributed by atoms with E-state index in [9.17, 15) is 0 Å². The first-order chi connectivity index (χ1) is 7.80. The predicted octanol–water partition coefficient (Wildman–Crippen LogP) is 5.55. The van der Waals surface area contributed by atoms with E-state index in [4.69, 9.17) is 0 Å². The Morgan fingerprint density at radius 2 is 1.59 bits per heavy atom. The van der Waals surface area contributed by atoms with E-state index in [2.05, 4.69) is 74.8 Å². The topological polar surface area (TPSA) is 0 Å². The third-order valence-electron chi connectivity index (χ3n) is 3.16. The largest absolute Gasteiger partial charge is 0.0893 e. The zero-order valence-corrected chi connectivity index (χ0v) is 13.3. The van der Waals surface area contributed by atoms with Gasteiger partial charge >= 0.3 is 0 Å². The van der Waals surface area contributed by atoms with Crippen molar-refractivity contribution in [3.63, 3.8) is 0 Å². The molecule has 0 amide bonds. The molecule has 0 nitrogen and oxygen atoms in total. The van der Waals surface area contributed by atoms with Crippen LogP contribution in [0.2, 0.25) is 0 Å². The van der Waals surface area contributed by atoms with Gasteiger partial charge in [0.05, 0.1) is 0 Å². The fourth-order valence-corrected chi connectivity index (χ4v) is 3.28. The average Bonchev–Trinajstić information content (AvgIpc) is 2.15. The molecule has 1 aromatic carbocycles. The van der Waals surface area contributed by atoms with Gasteiger partial charge in [0.2, 0.25) is 0 Å². The molecule has 1 rings (SSSR count). The van der Waals surface area contributed by atoms with E-state index in [0.29, 0.717) is 16.2 Å². The molecule has 1 aromatic rings. The van der Waals surface area contributed by atoms with Gasteiger partial charge in [-0.3, -0.25) is 0 Å². The Hall–Kier alpha value is -0.300. The van der Waals surface area contributed by atoms with Crippen LogP contribution in [0.1, 0.15) is 58.1 Å². The minimum absolute atomic E-state index is 0.363. The molecule has 0 fully saturated rings. The first-order valence-corrected chi connectivity index (χ1v) is 7.44. The lowest BCUT2D eigenvalue weighted by Gasteiger charge is -2.26. The van der Waals surface area contributed by atoms with Crippen LogP contribution in [0.15, 0.2) is 24.3 Å². The zero-order valence-electron chi connectivity index (χ0n) is 11.8. The van der Waals surface area contributed by atoms with Crippen molar-refractivity contribution in [3.05, 3.63) is 35.4 Å². The van der Waals surface area contributed by atoms with Gasteiger partial charge in [-0.15, -0.1) is 0 Å². The standard InChI is InChI=1S/C16H25Br/c1-12(2)15-8-6-14(7-9-15)11-16(4,5)10-13(3)17/h6-9,12-13H,10-11H2,1-5H3. The van der Waals surface area contributed by atoms with E-state index in [1.807, 2.05) is 0 Å². The lowest BCUT2D eigenvalue weighted by atomic mass is 9.81. The second kappa shape index (κ2) is 6.04. The van der Waals surface area contributed by atoms with Crippen LogP contribution in [-0.4, -0.2) is 4.83 Å². The van der Waals surface area contributed by atoms with Gasteiger partial charge in [-0.25, -0.2) is 0 Å². The van der Waals surface area contributed by atoms with Crippen LogP contribution in [-0.2, 0) is 6.42 Å². The van der Waals surface area contributed by atoms with Gasteiger partial charge in [0, 0.05) is 4.83 Å². The summed E-state index contributed by atoms with van der Waals surface area (Å²) in [5.41, 5.74) is 3.25. The molecule has 0 aromatic heterocycles. The average molecular weight is 297 g/mol. The highest BCUT2D eigenvalue weighted by molar-refractivity contribution is 9.09. The summed E-state index contributed by atoms with van der Waals surface area (Å²) in [6, 6.07) is 9.12. The maximum absolute atomic E-state index is 3.65. The van der Waals surface area contributed by atoms with Gasteiger partial charge in [-0.1, -0.05) is 74.8 Å².